The molecule has 5 nitrogen and oxygen atoms in total. The lowest BCUT2D eigenvalue weighted by atomic mass is 9.78. The molecule has 0 saturated heterocycles. The van der Waals surface area contributed by atoms with E-state index in [9.17, 15) is 18.0 Å². The van der Waals surface area contributed by atoms with Crippen LogP contribution >= 0.6 is 0 Å². The molecular weight excluding hydrogens is 381 g/mol. The summed E-state index contributed by atoms with van der Waals surface area (Å²) in [7, 11) is 0. The zero-order chi connectivity index (χ0) is 20.1. The predicted molar refractivity (Wildman–Crippen MR) is 98.5 cm³/mol. The van der Waals surface area contributed by atoms with E-state index in [0.717, 1.165) is 11.6 Å². The summed E-state index contributed by atoms with van der Waals surface area (Å²) < 4.78 is 42.5. The smallest absolute Gasteiger partial charge is 0.226 e. The first-order chi connectivity index (χ1) is 14.0. The van der Waals surface area contributed by atoms with Crippen LogP contribution in [0, 0.1) is 17.5 Å². The Kier molecular flexibility index (Phi) is 4.01. The average Bonchev–Trinajstić information content (AvgIpc) is 3.14. The maximum atomic E-state index is 13.9. The number of rotatable bonds is 2. The molecule has 146 valence electrons. The molecule has 3 aromatic rings. The molecule has 0 unspecified atom stereocenters. The van der Waals surface area contributed by atoms with Gasteiger partial charge in [0.1, 0.15) is 29.8 Å². The second kappa shape index (κ2) is 6.58. The van der Waals surface area contributed by atoms with Gasteiger partial charge in [-0.25, -0.2) is 17.9 Å². The number of hydrogen-bond acceptors (Lipinski definition) is 4. The first kappa shape index (κ1) is 17.7. The molecule has 1 aliphatic carbocycles. The number of aromatic nitrogens is 3. The normalized spacial score (nSPS) is 20.9. The van der Waals surface area contributed by atoms with Crippen molar-refractivity contribution in [2.45, 2.75) is 24.8 Å². The Hall–Kier alpha value is -3.42. The second-order valence-electron chi connectivity index (χ2n) is 7.23. The Bertz CT molecular complexity index is 1130. The fraction of sp³-hybridized carbons (Fsp3) is 0.190. The van der Waals surface area contributed by atoms with Crippen LogP contribution in [0.15, 0.2) is 60.1 Å². The van der Waals surface area contributed by atoms with Crippen molar-refractivity contribution in [3.63, 3.8) is 0 Å². The molecule has 8 heteroatoms. The number of hydrogen-bond donors (Lipinski definition) is 1. The minimum atomic E-state index is -0.768. The number of carbonyl (C=O) groups excluding carboxylic acids is 1. The van der Waals surface area contributed by atoms with Crippen LogP contribution in [0.3, 0.4) is 0 Å². The summed E-state index contributed by atoms with van der Waals surface area (Å²) in [5, 5.41) is 7.29. The van der Waals surface area contributed by atoms with Gasteiger partial charge in [-0.2, -0.15) is 10.1 Å². The van der Waals surface area contributed by atoms with Gasteiger partial charge in [-0.05, 0) is 47.7 Å². The molecule has 0 spiro atoms. The first-order valence-corrected chi connectivity index (χ1v) is 9.14. The highest BCUT2D eigenvalue weighted by atomic mass is 19.1. The average molecular weight is 396 g/mol. The number of benzene rings is 2. The van der Waals surface area contributed by atoms with E-state index in [2.05, 4.69) is 15.4 Å². The van der Waals surface area contributed by atoms with E-state index < -0.39 is 17.7 Å². The van der Waals surface area contributed by atoms with Crippen LogP contribution in [0.5, 0.6) is 0 Å². The molecule has 0 amide bonds. The zero-order valence-corrected chi connectivity index (χ0v) is 15.1. The number of halogens is 3. The minimum Gasteiger partial charge on any atom is -0.328 e. The topological polar surface area (TPSA) is 59.8 Å². The Morgan fingerprint density at radius 3 is 2.38 bits per heavy atom. The molecule has 1 aromatic heterocycles. The Morgan fingerprint density at radius 2 is 1.66 bits per heavy atom. The van der Waals surface area contributed by atoms with Crippen molar-refractivity contribution in [3.05, 3.63) is 88.6 Å². The zero-order valence-electron chi connectivity index (χ0n) is 15.1. The molecule has 29 heavy (non-hydrogen) atoms. The molecule has 0 bridgehead atoms. The molecule has 0 radical (unpaired) electrons. The van der Waals surface area contributed by atoms with E-state index in [4.69, 9.17) is 0 Å². The third-order valence-corrected chi connectivity index (χ3v) is 5.40. The van der Waals surface area contributed by atoms with Gasteiger partial charge in [0.2, 0.25) is 5.95 Å². The predicted octanol–water partition coefficient (Wildman–Crippen LogP) is 4.11. The third-order valence-electron chi connectivity index (χ3n) is 5.40. The van der Waals surface area contributed by atoms with E-state index >= 15 is 0 Å². The van der Waals surface area contributed by atoms with Crippen molar-refractivity contribution in [1.82, 2.24) is 14.8 Å². The van der Waals surface area contributed by atoms with Crippen molar-refractivity contribution in [3.8, 4) is 0 Å². The molecule has 2 aromatic carbocycles. The minimum absolute atomic E-state index is 0.131. The Balaban J connectivity index is 1.61. The molecule has 5 rings (SSSR count). The van der Waals surface area contributed by atoms with Crippen molar-refractivity contribution < 1.29 is 18.0 Å². The van der Waals surface area contributed by atoms with Gasteiger partial charge in [-0.3, -0.25) is 4.79 Å². The second-order valence-corrected chi connectivity index (χ2v) is 7.23. The molecule has 2 heterocycles. The van der Waals surface area contributed by atoms with Gasteiger partial charge in [0, 0.05) is 23.8 Å². The van der Waals surface area contributed by atoms with Crippen LogP contribution < -0.4 is 5.32 Å². The van der Waals surface area contributed by atoms with Crippen LogP contribution in [-0.2, 0) is 4.79 Å². The molecule has 0 fully saturated rings. The van der Waals surface area contributed by atoms with Gasteiger partial charge in [0.25, 0.3) is 0 Å². The summed E-state index contributed by atoms with van der Waals surface area (Å²) in [6.07, 6.45) is 2.03. The van der Waals surface area contributed by atoms with Crippen LogP contribution in [-0.4, -0.2) is 20.5 Å². The van der Waals surface area contributed by atoms with E-state index in [1.165, 1.54) is 35.3 Å². The van der Waals surface area contributed by atoms with E-state index in [-0.39, 0.29) is 29.5 Å². The summed E-state index contributed by atoms with van der Waals surface area (Å²) in [5.74, 6) is -1.68. The number of ketones is 1. The Morgan fingerprint density at radius 1 is 0.931 bits per heavy atom. The van der Waals surface area contributed by atoms with Crippen LogP contribution in [0.4, 0.5) is 19.1 Å². The van der Waals surface area contributed by atoms with Crippen molar-refractivity contribution in [2.75, 3.05) is 5.32 Å². The van der Waals surface area contributed by atoms with Crippen molar-refractivity contribution in [1.29, 1.82) is 0 Å². The van der Waals surface area contributed by atoms with E-state index in [1.54, 1.807) is 12.1 Å². The molecule has 2 aliphatic rings. The van der Waals surface area contributed by atoms with Gasteiger partial charge in [-0.15, -0.1) is 0 Å². The van der Waals surface area contributed by atoms with Crippen LogP contribution in [0.2, 0.25) is 0 Å². The fourth-order valence-electron chi connectivity index (χ4n) is 4.16. The molecular formula is C21H15F3N4O. The highest BCUT2D eigenvalue weighted by Crippen LogP contribution is 2.43. The molecule has 2 atom stereocenters. The quantitative estimate of drug-likeness (QED) is 0.708. The van der Waals surface area contributed by atoms with Crippen molar-refractivity contribution >= 4 is 11.7 Å². The maximum Gasteiger partial charge on any atom is 0.226 e. The lowest BCUT2D eigenvalue weighted by Gasteiger charge is -2.35. The summed E-state index contributed by atoms with van der Waals surface area (Å²) in [6.45, 7) is 0. The molecule has 1 N–H and O–H groups in total. The van der Waals surface area contributed by atoms with Gasteiger partial charge in [0.05, 0.1) is 0 Å². The summed E-state index contributed by atoms with van der Waals surface area (Å²) in [5.41, 5.74) is 2.21. The number of nitrogens with one attached hydrogen (secondary N) is 1. The van der Waals surface area contributed by atoms with Crippen LogP contribution in [0.25, 0.3) is 0 Å². The summed E-state index contributed by atoms with van der Waals surface area (Å²) in [6, 6.07) is 8.50. The number of Topliss-reactive ketones (excluding diaryl/α,β-unsaturated/α-hetero) is 1. The number of anilines is 1. The summed E-state index contributed by atoms with van der Waals surface area (Å²) in [4.78, 5) is 17.3. The largest absolute Gasteiger partial charge is 0.328 e. The van der Waals surface area contributed by atoms with Gasteiger partial charge < -0.3 is 5.32 Å². The molecule has 1 aliphatic heterocycles. The number of allylic oxidation sites excluding steroid dienone is 2. The van der Waals surface area contributed by atoms with E-state index in [1.807, 2.05) is 0 Å². The fourth-order valence-corrected chi connectivity index (χ4v) is 4.16. The number of fused-ring (bicyclic) bond motifs is 1. The monoisotopic (exact) mass is 396 g/mol. The lowest BCUT2D eigenvalue weighted by Crippen LogP contribution is -2.33. The van der Waals surface area contributed by atoms with Gasteiger partial charge in [-0.1, -0.05) is 12.1 Å². The number of carbonyl (C=O) groups is 1. The SMILES string of the molecule is O=C1C[C@H](c2ccc(F)cc2)CC2=C1[C@H](c1cc(F)cc(F)c1)n1ncnc1N2. The highest BCUT2D eigenvalue weighted by Gasteiger charge is 2.39. The first-order valence-electron chi connectivity index (χ1n) is 9.14. The maximum absolute atomic E-state index is 13.9. The lowest BCUT2D eigenvalue weighted by molar-refractivity contribution is -0.116. The van der Waals surface area contributed by atoms with E-state index in [0.29, 0.717) is 23.6 Å². The van der Waals surface area contributed by atoms with Gasteiger partial charge in [0.15, 0.2) is 5.78 Å². The van der Waals surface area contributed by atoms with Crippen LogP contribution in [0.1, 0.15) is 35.9 Å². The summed E-state index contributed by atoms with van der Waals surface area (Å²) >= 11 is 0. The van der Waals surface area contributed by atoms with Crippen molar-refractivity contribution in [2.24, 2.45) is 0 Å². The standard InChI is InChI=1S/C21H15F3N4O/c22-14-3-1-11(2-4-14)12-7-17-19(18(29)8-12)20(28-21(27-17)25-10-26-28)13-5-15(23)9-16(24)6-13/h1-6,9-10,12,20H,7-8H2,(H,25,26,27)/t12-,20+/m1/s1. The number of nitrogens with zero attached hydrogens (tertiary/aromatic N) is 3. The highest BCUT2D eigenvalue weighted by molar-refractivity contribution is 6.00. The molecule has 0 saturated carbocycles. The third kappa shape index (κ3) is 3.00. The Labute approximate surface area is 163 Å². The van der Waals surface area contributed by atoms with Gasteiger partial charge >= 0.3 is 0 Å².